The van der Waals surface area contributed by atoms with Gasteiger partial charge < -0.3 is 15.8 Å². The van der Waals surface area contributed by atoms with E-state index in [1.807, 2.05) is 31.2 Å². The smallest absolute Gasteiger partial charge is 0.255 e. The molecule has 0 aliphatic carbocycles. The Balaban J connectivity index is 2.20. The second kappa shape index (κ2) is 5.44. The predicted octanol–water partition coefficient (Wildman–Crippen LogP) is 2.84. The van der Waals surface area contributed by atoms with Gasteiger partial charge in [0.15, 0.2) is 0 Å². The Morgan fingerprint density at radius 2 is 2.00 bits per heavy atom. The second-order valence-corrected chi connectivity index (χ2v) is 4.28. The van der Waals surface area contributed by atoms with Crippen molar-refractivity contribution in [3.8, 4) is 5.75 Å². The van der Waals surface area contributed by atoms with E-state index >= 15 is 0 Å². The molecule has 0 saturated carbocycles. The van der Waals surface area contributed by atoms with Gasteiger partial charge in [0.1, 0.15) is 5.75 Å². The summed E-state index contributed by atoms with van der Waals surface area (Å²) in [4.78, 5) is 12.1. The van der Waals surface area contributed by atoms with Crippen LogP contribution in [0.15, 0.2) is 42.5 Å². The number of hydrogen-bond donors (Lipinski definition) is 2. The molecule has 0 bridgehead atoms. The first-order valence-electron chi connectivity index (χ1n) is 5.91. The maximum atomic E-state index is 12.1. The molecule has 98 valence electrons. The van der Waals surface area contributed by atoms with E-state index in [-0.39, 0.29) is 5.91 Å². The summed E-state index contributed by atoms with van der Waals surface area (Å²) in [5.41, 5.74) is 8.59. The summed E-state index contributed by atoms with van der Waals surface area (Å²) < 4.78 is 5.10. The first-order valence-corrected chi connectivity index (χ1v) is 5.91. The normalized spacial score (nSPS) is 10.0. The van der Waals surface area contributed by atoms with Crippen molar-refractivity contribution in [3.05, 3.63) is 53.6 Å². The molecule has 0 aromatic heterocycles. The number of carbonyl (C=O) groups is 1. The fourth-order valence-corrected chi connectivity index (χ4v) is 1.78. The summed E-state index contributed by atoms with van der Waals surface area (Å²) in [7, 11) is 1.52. The highest BCUT2D eigenvalue weighted by atomic mass is 16.5. The van der Waals surface area contributed by atoms with Crippen LogP contribution >= 0.6 is 0 Å². The molecule has 0 atom stereocenters. The molecule has 19 heavy (non-hydrogen) atoms. The van der Waals surface area contributed by atoms with Crippen molar-refractivity contribution in [1.82, 2.24) is 0 Å². The topological polar surface area (TPSA) is 64.3 Å². The third-order valence-corrected chi connectivity index (χ3v) is 2.77. The van der Waals surface area contributed by atoms with Gasteiger partial charge in [0.2, 0.25) is 0 Å². The molecule has 2 aromatic carbocycles. The number of anilines is 2. The fraction of sp³-hybridized carbons (Fsp3) is 0.133. The number of rotatable bonds is 3. The molecular formula is C15H16N2O2. The van der Waals surface area contributed by atoms with E-state index in [0.717, 1.165) is 11.3 Å². The molecule has 0 aliphatic heterocycles. The minimum Gasteiger partial charge on any atom is -0.495 e. The number of methoxy groups -OCH3 is 1. The monoisotopic (exact) mass is 256 g/mol. The summed E-state index contributed by atoms with van der Waals surface area (Å²) in [5.74, 6) is 0.306. The maximum absolute atomic E-state index is 12.1. The highest BCUT2D eigenvalue weighted by Gasteiger charge is 2.09. The first-order chi connectivity index (χ1) is 9.10. The van der Waals surface area contributed by atoms with Gasteiger partial charge in [-0.15, -0.1) is 0 Å². The Labute approximate surface area is 112 Å². The van der Waals surface area contributed by atoms with Gasteiger partial charge in [0.25, 0.3) is 5.91 Å². The summed E-state index contributed by atoms with van der Waals surface area (Å²) in [6, 6.07) is 12.6. The highest BCUT2D eigenvalue weighted by molar-refractivity contribution is 6.04. The van der Waals surface area contributed by atoms with Gasteiger partial charge in [-0.05, 0) is 42.8 Å². The van der Waals surface area contributed by atoms with E-state index in [2.05, 4.69) is 5.32 Å². The number of nitrogens with one attached hydrogen (secondary N) is 1. The number of nitrogen functional groups attached to an aromatic ring is 1. The number of nitrogens with two attached hydrogens (primary N) is 1. The Hall–Kier alpha value is -2.49. The van der Waals surface area contributed by atoms with Gasteiger partial charge in [0.05, 0.1) is 12.8 Å². The van der Waals surface area contributed by atoms with Gasteiger partial charge in [-0.25, -0.2) is 0 Å². The maximum Gasteiger partial charge on any atom is 0.255 e. The van der Waals surface area contributed by atoms with Gasteiger partial charge in [-0.3, -0.25) is 4.79 Å². The summed E-state index contributed by atoms with van der Waals surface area (Å²) in [5, 5.41) is 2.83. The van der Waals surface area contributed by atoms with E-state index in [1.54, 1.807) is 18.2 Å². The van der Waals surface area contributed by atoms with Gasteiger partial charge >= 0.3 is 0 Å². The number of ether oxygens (including phenoxy) is 1. The Bertz CT molecular complexity index is 609. The van der Waals surface area contributed by atoms with E-state index in [0.29, 0.717) is 17.0 Å². The summed E-state index contributed by atoms with van der Waals surface area (Å²) in [6.45, 7) is 1.97. The lowest BCUT2D eigenvalue weighted by molar-refractivity contribution is 0.102. The molecule has 1 amide bonds. The van der Waals surface area contributed by atoms with Crippen LogP contribution in [0, 0.1) is 6.92 Å². The van der Waals surface area contributed by atoms with Crippen molar-refractivity contribution in [3.63, 3.8) is 0 Å². The lowest BCUT2D eigenvalue weighted by atomic mass is 10.1. The van der Waals surface area contributed by atoms with Crippen LogP contribution in [-0.4, -0.2) is 13.0 Å². The first kappa shape index (κ1) is 13.0. The Kier molecular flexibility index (Phi) is 3.71. The largest absolute Gasteiger partial charge is 0.495 e. The van der Waals surface area contributed by atoms with E-state index < -0.39 is 0 Å². The molecule has 0 radical (unpaired) electrons. The fourth-order valence-electron chi connectivity index (χ4n) is 1.78. The van der Waals surface area contributed by atoms with Crippen molar-refractivity contribution in [2.75, 3.05) is 18.2 Å². The van der Waals surface area contributed by atoms with Crippen molar-refractivity contribution in [1.29, 1.82) is 0 Å². The molecular weight excluding hydrogens is 240 g/mol. The number of benzene rings is 2. The van der Waals surface area contributed by atoms with Crippen molar-refractivity contribution < 1.29 is 9.53 Å². The second-order valence-electron chi connectivity index (χ2n) is 4.28. The minimum atomic E-state index is -0.191. The molecule has 2 rings (SSSR count). The Morgan fingerprint density at radius 1 is 1.21 bits per heavy atom. The van der Waals surface area contributed by atoms with Crippen molar-refractivity contribution >= 4 is 17.3 Å². The van der Waals surface area contributed by atoms with Crippen LogP contribution in [0.4, 0.5) is 11.4 Å². The lowest BCUT2D eigenvalue weighted by Gasteiger charge is -2.09. The van der Waals surface area contributed by atoms with Crippen molar-refractivity contribution in [2.24, 2.45) is 0 Å². The average molecular weight is 256 g/mol. The zero-order chi connectivity index (χ0) is 13.8. The van der Waals surface area contributed by atoms with Crippen LogP contribution in [0.3, 0.4) is 0 Å². The minimum absolute atomic E-state index is 0.191. The van der Waals surface area contributed by atoms with Crippen LogP contribution in [-0.2, 0) is 0 Å². The van der Waals surface area contributed by atoms with E-state index in [4.69, 9.17) is 10.5 Å². The average Bonchev–Trinajstić information content (AvgIpc) is 2.39. The molecule has 0 fully saturated rings. The molecule has 4 heteroatoms. The molecule has 0 aliphatic rings. The summed E-state index contributed by atoms with van der Waals surface area (Å²) in [6.07, 6.45) is 0. The predicted molar refractivity (Wildman–Crippen MR) is 76.5 cm³/mol. The van der Waals surface area contributed by atoms with Gasteiger partial charge in [-0.2, -0.15) is 0 Å². The van der Waals surface area contributed by atoms with Crippen LogP contribution in [0.1, 0.15) is 15.9 Å². The van der Waals surface area contributed by atoms with E-state index in [9.17, 15) is 4.79 Å². The third kappa shape index (κ3) is 3.04. The number of aryl methyl sites for hydroxylation is 1. The van der Waals surface area contributed by atoms with E-state index in [1.165, 1.54) is 7.11 Å². The van der Waals surface area contributed by atoms with Crippen LogP contribution < -0.4 is 15.8 Å². The molecule has 0 spiro atoms. The van der Waals surface area contributed by atoms with Gasteiger partial charge in [-0.1, -0.05) is 12.1 Å². The lowest BCUT2D eigenvalue weighted by Crippen LogP contribution is -2.12. The standard InChI is InChI=1S/C15H16N2O2/c1-10-4-3-5-12(8-10)17-15(18)11-6-7-13(16)14(9-11)19-2/h3-9H,16H2,1-2H3,(H,17,18). The molecule has 3 N–H and O–H groups in total. The number of carbonyl (C=O) groups excluding carboxylic acids is 1. The molecule has 0 saturated heterocycles. The molecule has 0 heterocycles. The zero-order valence-corrected chi connectivity index (χ0v) is 10.9. The zero-order valence-electron chi connectivity index (χ0n) is 10.9. The molecule has 2 aromatic rings. The highest BCUT2D eigenvalue weighted by Crippen LogP contribution is 2.22. The molecule has 0 unspecified atom stereocenters. The van der Waals surface area contributed by atoms with Crippen molar-refractivity contribution in [2.45, 2.75) is 6.92 Å². The SMILES string of the molecule is COc1cc(C(=O)Nc2cccc(C)c2)ccc1N. The summed E-state index contributed by atoms with van der Waals surface area (Å²) >= 11 is 0. The Morgan fingerprint density at radius 3 is 2.68 bits per heavy atom. The molecule has 4 nitrogen and oxygen atoms in total. The number of hydrogen-bond acceptors (Lipinski definition) is 3. The van der Waals surface area contributed by atoms with Gasteiger partial charge in [0, 0.05) is 11.3 Å². The van der Waals surface area contributed by atoms with Crippen LogP contribution in [0.5, 0.6) is 5.75 Å². The quantitative estimate of drug-likeness (QED) is 0.830. The van der Waals surface area contributed by atoms with Crippen LogP contribution in [0.2, 0.25) is 0 Å². The van der Waals surface area contributed by atoms with Crippen LogP contribution in [0.25, 0.3) is 0 Å². The third-order valence-electron chi connectivity index (χ3n) is 2.77. The number of amides is 1.